The number of aromatic nitrogens is 1. The molecular weight excluding hydrogens is 394 g/mol. The van der Waals surface area contributed by atoms with Gasteiger partial charge in [-0.25, -0.2) is 9.37 Å². The number of halogens is 5. The van der Waals surface area contributed by atoms with Crippen molar-refractivity contribution < 1.29 is 31.9 Å². The molecule has 0 radical (unpaired) electrons. The highest BCUT2D eigenvalue weighted by Crippen LogP contribution is 2.17. The summed E-state index contributed by atoms with van der Waals surface area (Å²) in [6, 6.07) is 0.294. The number of carbonyl (C=O) groups excluding carboxylic acids is 2. The standard InChI is InChI=1S/C16H16ClF4N3O3/c1-9(27-8-16(19,20)21)14(25)23-11-3-2-4-24(7-11)15(26)13-12(18)5-10(17)6-22-13/h2-3,5-6,9,11H,4,7-8H2,1H3,(H,23,25). The van der Waals surface area contributed by atoms with Crippen molar-refractivity contribution in [2.24, 2.45) is 0 Å². The SMILES string of the molecule is CC(OCC(F)(F)F)C(=O)NC1C=CCN(C(=O)c2ncc(Cl)cc2F)C1. The van der Waals surface area contributed by atoms with Gasteiger partial charge in [0.15, 0.2) is 11.5 Å². The van der Waals surface area contributed by atoms with Gasteiger partial charge in [0.25, 0.3) is 5.91 Å². The topological polar surface area (TPSA) is 71.5 Å². The van der Waals surface area contributed by atoms with E-state index in [1.165, 1.54) is 11.8 Å². The number of hydrogen-bond acceptors (Lipinski definition) is 4. The normalized spacial score (nSPS) is 18.3. The van der Waals surface area contributed by atoms with Gasteiger partial charge in [-0.05, 0) is 13.0 Å². The second-order valence-electron chi connectivity index (χ2n) is 5.81. The molecule has 2 unspecified atom stereocenters. The Morgan fingerprint density at radius 2 is 2.19 bits per heavy atom. The van der Waals surface area contributed by atoms with Crippen LogP contribution >= 0.6 is 11.6 Å². The lowest BCUT2D eigenvalue weighted by molar-refractivity contribution is -0.185. The van der Waals surface area contributed by atoms with Crippen molar-refractivity contribution >= 4 is 23.4 Å². The smallest absolute Gasteiger partial charge is 0.359 e. The summed E-state index contributed by atoms with van der Waals surface area (Å²) in [5, 5.41) is 2.51. The monoisotopic (exact) mass is 409 g/mol. The number of pyridine rings is 1. The predicted octanol–water partition coefficient (Wildman–Crippen LogP) is 2.34. The summed E-state index contributed by atoms with van der Waals surface area (Å²) in [4.78, 5) is 29.3. The van der Waals surface area contributed by atoms with E-state index in [1.54, 1.807) is 12.2 Å². The highest BCUT2D eigenvalue weighted by atomic mass is 35.5. The average molecular weight is 410 g/mol. The van der Waals surface area contributed by atoms with Crippen LogP contribution < -0.4 is 5.32 Å². The average Bonchev–Trinajstić information content (AvgIpc) is 2.58. The first kappa shape index (κ1) is 21.1. The third-order valence-corrected chi connectivity index (χ3v) is 3.81. The Hall–Kier alpha value is -2.20. The molecule has 1 aromatic rings. The van der Waals surface area contributed by atoms with Gasteiger partial charge in [-0.1, -0.05) is 23.8 Å². The number of amides is 2. The Balaban J connectivity index is 1.95. The highest BCUT2D eigenvalue weighted by molar-refractivity contribution is 6.30. The third kappa shape index (κ3) is 6.17. The molecule has 0 aromatic carbocycles. The Labute approximate surface area is 157 Å². The van der Waals surface area contributed by atoms with Crippen molar-refractivity contribution in [2.45, 2.75) is 25.2 Å². The minimum absolute atomic E-state index is 0.00316. The molecule has 0 saturated heterocycles. The second-order valence-corrected chi connectivity index (χ2v) is 6.24. The van der Waals surface area contributed by atoms with Gasteiger partial charge in [0.1, 0.15) is 12.7 Å². The van der Waals surface area contributed by atoms with Gasteiger partial charge in [-0.2, -0.15) is 13.2 Å². The van der Waals surface area contributed by atoms with Crippen molar-refractivity contribution in [1.29, 1.82) is 0 Å². The molecular formula is C16H16ClF4N3O3. The summed E-state index contributed by atoms with van der Waals surface area (Å²) < 4.78 is 54.7. The first-order valence-corrected chi connectivity index (χ1v) is 8.20. The Kier molecular flexibility index (Phi) is 6.77. The van der Waals surface area contributed by atoms with Crippen LogP contribution in [0.1, 0.15) is 17.4 Å². The molecule has 2 atom stereocenters. The first-order chi connectivity index (χ1) is 12.6. The van der Waals surface area contributed by atoms with E-state index in [0.717, 1.165) is 12.3 Å². The van der Waals surface area contributed by atoms with Crippen LogP contribution in [0.3, 0.4) is 0 Å². The predicted molar refractivity (Wildman–Crippen MR) is 87.6 cm³/mol. The lowest BCUT2D eigenvalue weighted by Crippen LogP contribution is -2.50. The molecule has 1 aromatic heterocycles. The molecule has 148 valence electrons. The number of ether oxygens (including phenoxy) is 1. The summed E-state index contributed by atoms with van der Waals surface area (Å²) in [6.45, 7) is -0.205. The van der Waals surface area contributed by atoms with E-state index in [1.807, 2.05) is 0 Å². The quantitative estimate of drug-likeness (QED) is 0.598. The van der Waals surface area contributed by atoms with Crippen LogP contribution in [0.2, 0.25) is 5.02 Å². The van der Waals surface area contributed by atoms with Gasteiger partial charge in [-0.15, -0.1) is 0 Å². The van der Waals surface area contributed by atoms with E-state index in [0.29, 0.717) is 0 Å². The van der Waals surface area contributed by atoms with E-state index in [9.17, 15) is 27.2 Å². The zero-order valence-corrected chi connectivity index (χ0v) is 14.9. The van der Waals surface area contributed by atoms with Crippen LogP contribution in [0.5, 0.6) is 0 Å². The first-order valence-electron chi connectivity index (χ1n) is 7.82. The molecule has 0 bridgehead atoms. The molecule has 11 heteroatoms. The van der Waals surface area contributed by atoms with E-state index in [2.05, 4.69) is 15.0 Å². The fourth-order valence-electron chi connectivity index (χ4n) is 2.30. The van der Waals surface area contributed by atoms with Gasteiger partial charge < -0.3 is 15.0 Å². The summed E-state index contributed by atoms with van der Waals surface area (Å²) in [7, 11) is 0. The van der Waals surface area contributed by atoms with Crippen LogP contribution in [0.4, 0.5) is 17.6 Å². The maximum Gasteiger partial charge on any atom is 0.411 e. The van der Waals surface area contributed by atoms with Crippen LogP contribution in [-0.2, 0) is 9.53 Å². The summed E-state index contributed by atoms with van der Waals surface area (Å²) in [5.41, 5.74) is -0.415. The Morgan fingerprint density at radius 3 is 2.81 bits per heavy atom. The zero-order chi connectivity index (χ0) is 20.2. The largest absolute Gasteiger partial charge is 0.411 e. The summed E-state index contributed by atoms with van der Waals surface area (Å²) in [5.74, 6) is -2.34. The molecule has 0 spiro atoms. The Morgan fingerprint density at radius 1 is 1.48 bits per heavy atom. The molecule has 0 saturated carbocycles. The molecule has 2 rings (SSSR count). The van der Waals surface area contributed by atoms with Gasteiger partial charge in [-0.3, -0.25) is 9.59 Å². The number of nitrogens with zero attached hydrogens (tertiary/aromatic N) is 2. The molecule has 27 heavy (non-hydrogen) atoms. The van der Waals surface area contributed by atoms with Crippen LogP contribution in [-0.4, -0.2) is 59.7 Å². The molecule has 2 heterocycles. The fourth-order valence-corrected chi connectivity index (χ4v) is 2.45. The molecule has 2 amide bonds. The molecule has 1 aliphatic rings. The minimum atomic E-state index is -4.54. The molecule has 6 nitrogen and oxygen atoms in total. The number of rotatable bonds is 5. The third-order valence-electron chi connectivity index (χ3n) is 3.60. The number of alkyl halides is 3. The lowest BCUT2D eigenvalue weighted by Gasteiger charge is -2.30. The lowest BCUT2D eigenvalue weighted by atomic mass is 10.1. The summed E-state index contributed by atoms with van der Waals surface area (Å²) >= 11 is 5.60. The van der Waals surface area contributed by atoms with Crippen molar-refractivity contribution in [3.8, 4) is 0 Å². The van der Waals surface area contributed by atoms with Gasteiger partial charge in [0.05, 0.1) is 11.1 Å². The molecule has 0 aliphatic carbocycles. The van der Waals surface area contributed by atoms with E-state index >= 15 is 0 Å². The number of nitrogens with one attached hydrogen (secondary N) is 1. The maximum atomic E-state index is 13.9. The van der Waals surface area contributed by atoms with Crippen LogP contribution in [0.15, 0.2) is 24.4 Å². The fraction of sp³-hybridized carbons (Fsp3) is 0.438. The molecule has 1 N–H and O–H groups in total. The van der Waals surface area contributed by atoms with Crippen molar-refractivity contribution in [3.05, 3.63) is 40.9 Å². The summed E-state index contributed by atoms with van der Waals surface area (Å²) in [6.07, 6.45) is -1.58. The van der Waals surface area contributed by atoms with E-state index < -0.39 is 48.3 Å². The van der Waals surface area contributed by atoms with E-state index in [-0.39, 0.29) is 18.1 Å². The van der Waals surface area contributed by atoms with Crippen LogP contribution in [0, 0.1) is 5.82 Å². The Bertz CT molecular complexity index is 742. The minimum Gasteiger partial charge on any atom is -0.359 e. The van der Waals surface area contributed by atoms with Crippen molar-refractivity contribution in [2.75, 3.05) is 19.7 Å². The van der Waals surface area contributed by atoms with E-state index in [4.69, 9.17) is 11.6 Å². The van der Waals surface area contributed by atoms with Crippen LogP contribution in [0.25, 0.3) is 0 Å². The van der Waals surface area contributed by atoms with Gasteiger partial charge >= 0.3 is 6.18 Å². The zero-order valence-electron chi connectivity index (χ0n) is 14.1. The van der Waals surface area contributed by atoms with Crippen molar-refractivity contribution in [3.63, 3.8) is 0 Å². The number of carbonyl (C=O) groups is 2. The van der Waals surface area contributed by atoms with Gasteiger partial charge in [0.2, 0.25) is 5.91 Å². The maximum absolute atomic E-state index is 13.9. The second kappa shape index (κ2) is 8.66. The molecule has 1 aliphatic heterocycles. The molecule has 0 fully saturated rings. The highest BCUT2D eigenvalue weighted by Gasteiger charge is 2.31. The number of hydrogen-bond donors (Lipinski definition) is 1. The van der Waals surface area contributed by atoms with Crippen molar-refractivity contribution in [1.82, 2.24) is 15.2 Å². The van der Waals surface area contributed by atoms with Gasteiger partial charge in [0, 0.05) is 19.3 Å².